The average Bonchev–Trinajstić information content (AvgIpc) is 2.78. The van der Waals surface area contributed by atoms with Crippen molar-refractivity contribution in [2.24, 2.45) is 0 Å². The van der Waals surface area contributed by atoms with Crippen LogP contribution in [0.2, 0.25) is 5.02 Å². The third kappa shape index (κ3) is 3.87. The van der Waals surface area contributed by atoms with Crippen LogP contribution in [0.3, 0.4) is 0 Å². The predicted octanol–water partition coefficient (Wildman–Crippen LogP) is 7.57. The first-order chi connectivity index (χ1) is 13.8. The second-order valence-electron chi connectivity index (χ2n) is 6.69. The van der Waals surface area contributed by atoms with Crippen molar-refractivity contribution in [3.05, 3.63) is 143 Å². The molecule has 0 spiro atoms. The van der Waals surface area contributed by atoms with Gasteiger partial charge in [-0.2, -0.15) is 0 Å². The van der Waals surface area contributed by atoms with Crippen molar-refractivity contribution in [3.63, 3.8) is 0 Å². The van der Waals surface area contributed by atoms with Gasteiger partial charge in [0.25, 0.3) is 0 Å². The van der Waals surface area contributed by atoms with Gasteiger partial charge in [0.2, 0.25) is 0 Å². The van der Waals surface area contributed by atoms with Gasteiger partial charge >= 0.3 is 0 Å². The third-order valence-electron chi connectivity index (χ3n) is 4.91. The summed E-state index contributed by atoms with van der Waals surface area (Å²) in [4.78, 5) is 0. The third-order valence-corrected chi connectivity index (χ3v) is 6.78. The Morgan fingerprint density at radius 3 is 1.32 bits per heavy atom. The molecule has 0 aliphatic rings. The molecule has 4 aromatic rings. The number of hydrogen-bond acceptors (Lipinski definition) is 1. The molecule has 0 heterocycles. The van der Waals surface area contributed by atoms with Crippen LogP contribution in [0.25, 0.3) is 0 Å². The maximum Gasteiger partial charge on any atom is 0.0910 e. The van der Waals surface area contributed by atoms with Crippen molar-refractivity contribution in [1.29, 1.82) is 0 Å². The lowest BCUT2D eigenvalue weighted by molar-refractivity contribution is 0.893. The summed E-state index contributed by atoms with van der Waals surface area (Å²) in [5, 5.41) is 0.772. The van der Waals surface area contributed by atoms with Crippen molar-refractivity contribution in [2.75, 3.05) is 0 Å². The molecule has 0 saturated heterocycles. The highest BCUT2D eigenvalue weighted by Gasteiger charge is 2.36. The van der Waals surface area contributed by atoms with Crippen molar-refractivity contribution >= 4 is 23.4 Å². The number of hydrogen-bond donors (Lipinski definition) is 0. The summed E-state index contributed by atoms with van der Waals surface area (Å²) in [5.41, 5.74) is 5.12. The first-order valence-electron chi connectivity index (χ1n) is 9.34. The van der Waals surface area contributed by atoms with Crippen LogP contribution in [0.15, 0.2) is 115 Å². The van der Waals surface area contributed by atoms with Gasteiger partial charge in [-0.15, -0.1) is 11.8 Å². The summed E-state index contributed by atoms with van der Waals surface area (Å²) in [7, 11) is 0. The maximum absolute atomic E-state index is 6.08. The summed E-state index contributed by atoms with van der Waals surface area (Å²) < 4.78 is -0.288. The summed E-state index contributed by atoms with van der Waals surface area (Å²) in [6.07, 6.45) is 0. The lowest BCUT2D eigenvalue weighted by Crippen LogP contribution is -2.25. The molecular formula is C26H21ClS. The van der Waals surface area contributed by atoms with E-state index in [1.54, 1.807) is 0 Å². The molecule has 2 heteroatoms. The zero-order valence-electron chi connectivity index (χ0n) is 15.5. The normalized spacial score (nSPS) is 11.3. The summed E-state index contributed by atoms with van der Waals surface area (Å²) in [6, 6.07) is 40.5. The van der Waals surface area contributed by atoms with Crippen molar-refractivity contribution in [1.82, 2.24) is 0 Å². The Hall–Kier alpha value is -2.48. The maximum atomic E-state index is 6.08. The van der Waals surface area contributed by atoms with E-state index in [9.17, 15) is 0 Å². The van der Waals surface area contributed by atoms with E-state index in [4.69, 9.17) is 11.6 Å². The Morgan fingerprint density at radius 1 is 0.536 bits per heavy atom. The van der Waals surface area contributed by atoms with E-state index < -0.39 is 0 Å². The zero-order chi connectivity index (χ0) is 19.2. The molecule has 138 valence electrons. The Balaban J connectivity index is 1.86. The molecule has 0 radical (unpaired) electrons. The van der Waals surface area contributed by atoms with E-state index in [1.165, 1.54) is 22.3 Å². The first kappa shape index (κ1) is 18.9. The van der Waals surface area contributed by atoms with E-state index in [-0.39, 0.29) is 4.75 Å². The number of rotatable bonds is 6. The van der Waals surface area contributed by atoms with E-state index in [0.29, 0.717) is 0 Å². The van der Waals surface area contributed by atoms with E-state index in [2.05, 4.69) is 103 Å². The monoisotopic (exact) mass is 400 g/mol. The topological polar surface area (TPSA) is 0 Å². The van der Waals surface area contributed by atoms with Gasteiger partial charge in [-0.05, 0) is 34.4 Å². The standard InChI is InChI=1S/C26H21ClS/c27-25-18-16-21(17-19-25)20-28-26(22-10-4-1-5-11-22,23-12-6-2-7-13-23)24-14-8-3-9-15-24/h1-19H,20H2. The van der Waals surface area contributed by atoms with Gasteiger partial charge < -0.3 is 0 Å². The lowest BCUT2D eigenvalue weighted by Gasteiger charge is -2.35. The van der Waals surface area contributed by atoms with E-state index in [0.717, 1.165) is 10.8 Å². The molecule has 0 aliphatic heterocycles. The second kappa shape index (κ2) is 8.68. The summed E-state index contributed by atoms with van der Waals surface area (Å²) in [5.74, 6) is 0.885. The van der Waals surface area contributed by atoms with Gasteiger partial charge in [0, 0.05) is 10.8 Å². The molecule has 0 aromatic heterocycles. The molecule has 4 aromatic carbocycles. The highest BCUT2D eigenvalue weighted by atomic mass is 35.5. The summed E-state index contributed by atoms with van der Waals surface area (Å²) >= 11 is 8.03. The average molecular weight is 401 g/mol. The van der Waals surface area contributed by atoms with Crippen molar-refractivity contribution in [3.8, 4) is 0 Å². The molecule has 0 fully saturated rings. The molecule has 0 nitrogen and oxygen atoms in total. The zero-order valence-corrected chi connectivity index (χ0v) is 17.0. The minimum atomic E-state index is -0.288. The Labute approximate surface area is 176 Å². The smallest absolute Gasteiger partial charge is 0.0910 e. The Morgan fingerprint density at radius 2 is 0.929 bits per heavy atom. The first-order valence-corrected chi connectivity index (χ1v) is 10.7. The van der Waals surface area contributed by atoms with Crippen molar-refractivity contribution in [2.45, 2.75) is 10.5 Å². The Kier molecular flexibility index (Phi) is 5.85. The van der Waals surface area contributed by atoms with Crippen LogP contribution in [0, 0.1) is 0 Å². The minimum Gasteiger partial charge on any atom is -0.136 e. The molecule has 0 N–H and O–H groups in total. The van der Waals surface area contributed by atoms with Crippen LogP contribution in [0.1, 0.15) is 22.3 Å². The molecular weight excluding hydrogens is 380 g/mol. The van der Waals surface area contributed by atoms with Crippen LogP contribution >= 0.6 is 23.4 Å². The molecule has 4 rings (SSSR count). The lowest BCUT2D eigenvalue weighted by atomic mass is 9.84. The van der Waals surface area contributed by atoms with Gasteiger partial charge in [0.1, 0.15) is 0 Å². The highest BCUT2D eigenvalue weighted by molar-refractivity contribution is 7.99. The quantitative estimate of drug-likeness (QED) is 0.301. The molecule has 0 atom stereocenters. The highest BCUT2D eigenvalue weighted by Crippen LogP contribution is 2.49. The predicted molar refractivity (Wildman–Crippen MR) is 122 cm³/mol. The molecule has 0 amide bonds. The van der Waals surface area contributed by atoms with Gasteiger partial charge in [0.15, 0.2) is 0 Å². The fraction of sp³-hybridized carbons (Fsp3) is 0.0769. The van der Waals surface area contributed by atoms with Gasteiger partial charge in [-0.3, -0.25) is 0 Å². The number of benzene rings is 4. The van der Waals surface area contributed by atoms with Crippen LogP contribution in [-0.4, -0.2) is 0 Å². The van der Waals surface area contributed by atoms with Gasteiger partial charge in [-0.1, -0.05) is 115 Å². The second-order valence-corrected chi connectivity index (χ2v) is 8.32. The molecule has 0 saturated carbocycles. The van der Waals surface area contributed by atoms with Crippen LogP contribution in [0.5, 0.6) is 0 Å². The molecule has 0 unspecified atom stereocenters. The van der Waals surface area contributed by atoms with Gasteiger partial charge in [-0.25, -0.2) is 0 Å². The van der Waals surface area contributed by atoms with Gasteiger partial charge in [0.05, 0.1) is 4.75 Å². The largest absolute Gasteiger partial charge is 0.136 e. The molecule has 28 heavy (non-hydrogen) atoms. The molecule has 0 bridgehead atoms. The van der Waals surface area contributed by atoms with E-state index in [1.807, 2.05) is 23.9 Å². The fourth-order valence-electron chi connectivity index (χ4n) is 3.54. The number of thioether (sulfide) groups is 1. The molecule has 0 aliphatic carbocycles. The fourth-order valence-corrected chi connectivity index (χ4v) is 5.15. The van der Waals surface area contributed by atoms with E-state index >= 15 is 0 Å². The van der Waals surface area contributed by atoms with Crippen LogP contribution in [-0.2, 0) is 10.5 Å². The summed E-state index contributed by atoms with van der Waals surface area (Å²) in [6.45, 7) is 0. The SMILES string of the molecule is Clc1ccc(CSC(c2ccccc2)(c2ccccc2)c2ccccc2)cc1. The van der Waals surface area contributed by atoms with Crippen LogP contribution < -0.4 is 0 Å². The Bertz CT molecular complexity index is 900. The number of halogens is 1. The van der Waals surface area contributed by atoms with Crippen LogP contribution in [0.4, 0.5) is 0 Å². The van der Waals surface area contributed by atoms with Crippen molar-refractivity contribution < 1.29 is 0 Å². The minimum absolute atomic E-state index is 0.288.